The van der Waals surface area contributed by atoms with E-state index in [1.807, 2.05) is 60.7 Å². The quantitative estimate of drug-likeness (QED) is 0.560. The molecular weight excluding hydrogens is 371 g/mol. The molecule has 28 heavy (non-hydrogen) atoms. The molecule has 7 heteroatoms. The van der Waals surface area contributed by atoms with Crippen molar-refractivity contribution < 1.29 is 9.36 Å². The number of aromatic nitrogens is 2. The van der Waals surface area contributed by atoms with Crippen LogP contribution in [0.1, 0.15) is 6.42 Å². The third-order valence-corrected chi connectivity index (χ3v) is 5.31. The van der Waals surface area contributed by atoms with Gasteiger partial charge in [-0.25, -0.2) is 9.97 Å². The molecule has 6 nitrogen and oxygen atoms in total. The van der Waals surface area contributed by atoms with Crippen molar-refractivity contribution >= 4 is 30.4 Å². The van der Waals surface area contributed by atoms with Crippen LogP contribution in [0.2, 0.25) is 0 Å². The van der Waals surface area contributed by atoms with Crippen LogP contribution in [0.4, 0.5) is 17.3 Å². The van der Waals surface area contributed by atoms with Crippen LogP contribution in [0.15, 0.2) is 66.9 Å². The number of nitrogens with zero attached hydrogens (tertiary/aromatic N) is 2. The summed E-state index contributed by atoms with van der Waals surface area (Å²) in [5.41, 5.74) is 3.26. The minimum Gasteiger partial charge on any atom is -0.326 e. The van der Waals surface area contributed by atoms with Crippen LogP contribution in [0.3, 0.4) is 0 Å². The number of carbonyl (C=O) groups excluding carboxylic acids is 1. The van der Waals surface area contributed by atoms with Gasteiger partial charge in [0.1, 0.15) is 0 Å². The summed E-state index contributed by atoms with van der Waals surface area (Å²) in [6.07, 6.45) is 2.35. The molecule has 0 spiro atoms. The Morgan fingerprint density at radius 2 is 1.75 bits per heavy atom. The molecule has 0 radical (unpaired) electrons. The topological polar surface area (TPSA) is 84.0 Å². The Bertz CT molecular complexity index is 1000. The molecule has 0 aliphatic carbocycles. The second-order valence-electron chi connectivity index (χ2n) is 6.93. The first-order valence-corrected chi connectivity index (χ1v) is 11.8. The van der Waals surface area contributed by atoms with E-state index in [0.717, 1.165) is 16.9 Å². The highest BCUT2D eigenvalue weighted by Gasteiger charge is 2.11. The molecular formula is C21H23N4O2P. The summed E-state index contributed by atoms with van der Waals surface area (Å²) in [5, 5.41) is 6.00. The van der Waals surface area contributed by atoms with Crippen LogP contribution in [0.25, 0.3) is 11.3 Å². The molecule has 2 N–H and O–H groups in total. The highest BCUT2D eigenvalue weighted by molar-refractivity contribution is 7.62. The Hall–Kier alpha value is -2.98. The lowest BCUT2D eigenvalue weighted by molar-refractivity contribution is -0.115. The lowest BCUT2D eigenvalue weighted by atomic mass is 10.1. The van der Waals surface area contributed by atoms with Crippen LogP contribution in [-0.2, 0) is 9.36 Å². The molecule has 0 saturated heterocycles. The highest BCUT2D eigenvalue weighted by Crippen LogP contribution is 2.36. The van der Waals surface area contributed by atoms with Crippen LogP contribution < -0.4 is 10.6 Å². The minimum atomic E-state index is -2.20. The maximum atomic E-state index is 12.1. The number of anilines is 3. The zero-order valence-electron chi connectivity index (χ0n) is 15.9. The van der Waals surface area contributed by atoms with Crippen molar-refractivity contribution in [2.24, 2.45) is 0 Å². The smallest absolute Gasteiger partial charge is 0.227 e. The number of hydrogen-bond acceptors (Lipinski definition) is 5. The van der Waals surface area contributed by atoms with E-state index in [1.54, 1.807) is 19.5 Å². The molecule has 0 fully saturated rings. The number of nitrogens with one attached hydrogen (secondary N) is 2. The Labute approximate surface area is 164 Å². The average molecular weight is 394 g/mol. The Morgan fingerprint density at radius 1 is 1.00 bits per heavy atom. The van der Waals surface area contributed by atoms with E-state index in [4.69, 9.17) is 0 Å². The monoisotopic (exact) mass is 394 g/mol. The van der Waals surface area contributed by atoms with Gasteiger partial charge in [0.25, 0.3) is 0 Å². The molecule has 144 valence electrons. The summed E-state index contributed by atoms with van der Waals surface area (Å²) in [7, 11) is -2.20. The summed E-state index contributed by atoms with van der Waals surface area (Å²) in [6.45, 7) is 3.38. The lowest BCUT2D eigenvalue weighted by Gasteiger charge is -2.10. The maximum Gasteiger partial charge on any atom is 0.227 e. The number of hydrogen-bond donors (Lipinski definition) is 2. The predicted octanol–water partition coefficient (Wildman–Crippen LogP) is 4.84. The SMILES string of the molecule is CP(C)(=O)CCC(=O)Nc1cccc(Nc2nccc(-c3ccccc3)n2)c1. The van der Waals surface area contributed by atoms with E-state index in [9.17, 15) is 9.36 Å². The molecule has 2 aromatic carbocycles. The van der Waals surface area contributed by atoms with Gasteiger partial charge < -0.3 is 15.2 Å². The highest BCUT2D eigenvalue weighted by atomic mass is 31.2. The summed E-state index contributed by atoms with van der Waals surface area (Å²) >= 11 is 0. The number of carbonyl (C=O) groups is 1. The molecule has 1 amide bonds. The van der Waals surface area contributed by atoms with Crippen LogP contribution >= 0.6 is 7.14 Å². The molecule has 0 aliphatic rings. The summed E-state index contributed by atoms with van der Waals surface area (Å²) < 4.78 is 11.8. The van der Waals surface area contributed by atoms with E-state index in [0.29, 0.717) is 17.8 Å². The fourth-order valence-corrected chi connectivity index (χ4v) is 3.33. The second-order valence-corrected chi connectivity index (χ2v) is 10.5. The second kappa shape index (κ2) is 8.81. The van der Waals surface area contributed by atoms with Gasteiger partial charge in [-0.2, -0.15) is 0 Å². The van der Waals surface area contributed by atoms with Crippen LogP contribution in [0, 0.1) is 0 Å². The van der Waals surface area contributed by atoms with Crippen molar-refractivity contribution in [3.05, 3.63) is 66.9 Å². The molecule has 3 aromatic rings. The van der Waals surface area contributed by atoms with E-state index >= 15 is 0 Å². The third kappa shape index (κ3) is 6.03. The zero-order chi connectivity index (χ0) is 20.0. The van der Waals surface area contributed by atoms with Gasteiger partial charge in [-0.3, -0.25) is 4.79 Å². The first-order valence-electron chi connectivity index (χ1n) is 8.98. The predicted molar refractivity (Wildman–Crippen MR) is 115 cm³/mol. The normalized spacial score (nSPS) is 11.1. The molecule has 3 rings (SSSR count). The Kier molecular flexibility index (Phi) is 6.22. The molecule has 0 atom stereocenters. The van der Waals surface area contributed by atoms with Crippen molar-refractivity contribution in [1.29, 1.82) is 0 Å². The van der Waals surface area contributed by atoms with Crippen LogP contribution in [-0.4, -0.2) is 35.4 Å². The van der Waals surface area contributed by atoms with Crippen molar-refractivity contribution in [1.82, 2.24) is 9.97 Å². The van der Waals surface area contributed by atoms with E-state index in [-0.39, 0.29) is 12.3 Å². The minimum absolute atomic E-state index is 0.150. The van der Waals surface area contributed by atoms with Crippen molar-refractivity contribution in [3.63, 3.8) is 0 Å². The van der Waals surface area contributed by atoms with E-state index < -0.39 is 7.14 Å². The standard InChI is InChI=1S/C21H23N4O2P/c1-28(2,27)14-12-20(26)23-17-9-6-10-18(15-17)24-21-22-13-11-19(25-21)16-7-4-3-5-8-16/h3-11,13,15H,12,14H2,1-2H3,(H,23,26)(H,22,24,25). The number of benzene rings is 2. The third-order valence-electron chi connectivity index (χ3n) is 4.00. The van der Waals surface area contributed by atoms with Gasteiger partial charge in [0, 0.05) is 35.7 Å². The molecule has 1 aromatic heterocycles. The van der Waals surface area contributed by atoms with E-state index in [1.165, 1.54) is 0 Å². The maximum absolute atomic E-state index is 12.1. The summed E-state index contributed by atoms with van der Waals surface area (Å²) in [6, 6.07) is 19.1. The van der Waals surface area contributed by atoms with E-state index in [2.05, 4.69) is 20.6 Å². The number of amides is 1. The average Bonchev–Trinajstić information content (AvgIpc) is 2.67. The van der Waals surface area contributed by atoms with Crippen molar-refractivity contribution in [2.75, 3.05) is 30.1 Å². The summed E-state index contributed by atoms with van der Waals surface area (Å²) in [5.74, 6) is 0.325. The van der Waals surface area contributed by atoms with Gasteiger partial charge in [0.15, 0.2) is 0 Å². The van der Waals surface area contributed by atoms with Crippen molar-refractivity contribution in [3.8, 4) is 11.3 Å². The first kappa shape index (κ1) is 19.8. The van der Waals surface area contributed by atoms with Crippen LogP contribution in [0.5, 0.6) is 0 Å². The fraction of sp³-hybridized carbons (Fsp3) is 0.190. The molecule has 0 saturated carbocycles. The Balaban J connectivity index is 1.68. The first-order chi connectivity index (χ1) is 13.4. The number of rotatable bonds is 7. The lowest BCUT2D eigenvalue weighted by Crippen LogP contribution is -2.13. The Morgan fingerprint density at radius 3 is 2.50 bits per heavy atom. The van der Waals surface area contributed by atoms with Crippen molar-refractivity contribution in [2.45, 2.75) is 6.42 Å². The largest absolute Gasteiger partial charge is 0.326 e. The van der Waals surface area contributed by atoms with Gasteiger partial charge in [0.2, 0.25) is 11.9 Å². The van der Waals surface area contributed by atoms with Gasteiger partial charge in [-0.1, -0.05) is 36.4 Å². The van der Waals surface area contributed by atoms with Gasteiger partial charge in [0.05, 0.1) is 12.8 Å². The van der Waals surface area contributed by atoms with Gasteiger partial charge in [-0.05, 0) is 37.6 Å². The van der Waals surface area contributed by atoms with Gasteiger partial charge >= 0.3 is 0 Å². The molecule has 0 aliphatic heterocycles. The van der Waals surface area contributed by atoms with Gasteiger partial charge in [-0.15, -0.1) is 0 Å². The molecule has 0 unspecified atom stereocenters. The summed E-state index contributed by atoms with van der Waals surface area (Å²) in [4.78, 5) is 20.9. The molecule has 0 bridgehead atoms. The zero-order valence-corrected chi connectivity index (χ0v) is 16.8. The molecule has 1 heterocycles. The fourth-order valence-electron chi connectivity index (χ4n) is 2.59.